The van der Waals surface area contributed by atoms with Crippen molar-refractivity contribution in [1.29, 1.82) is 0 Å². The lowest BCUT2D eigenvalue weighted by molar-refractivity contribution is -0.383. The minimum atomic E-state index is -3.31. The van der Waals surface area contributed by atoms with Gasteiger partial charge in [0, 0.05) is 37.8 Å². The second-order valence-electron chi connectivity index (χ2n) is 11.9. The molecule has 0 fully saturated rings. The first-order valence-corrected chi connectivity index (χ1v) is 18.0. The fraction of sp³-hybridized carbons (Fsp3) is 0.278. The standard InChI is InChI=1S/C36H37N6O9P/c1-5-35(6-2,48-29-21-11-9-15-23(29)33-37-25-17-13-19-27(41(43)44)31(25)39-33)50-52(47)51-36(7-3,8-4)49-30-22-12-10-16-24(30)34-38-26-18-14-20-28(42(45)46)32(26)40-34/h9-22,52H,5-8H2,1-4H3,(H,37,39)(H,38,40). The van der Waals surface area contributed by atoms with Crippen LogP contribution in [0.5, 0.6) is 11.5 Å². The molecule has 0 bridgehead atoms. The first-order valence-electron chi connectivity index (χ1n) is 16.8. The zero-order chi connectivity index (χ0) is 37.0. The van der Waals surface area contributed by atoms with Crippen LogP contribution in [0.4, 0.5) is 11.4 Å². The summed E-state index contributed by atoms with van der Waals surface area (Å²) in [5, 5.41) is 23.3. The molecule has 15 nitrogen and oxygen atoms in total. The Kier molecular flexibility index (Phi) is 10.4. The maximum atomic E-state index is 13.9. The van der Waals surface area contributed by atoms with Gasteiger partial charge in [-0.15, -0.1) is 0 Å². The van der Waals surface area contributed by atoms with Gasteiger partial charge >= 0.3 is 8.25 Å². The number of aromatic nitrogens is 4. The van der Waals surface area contributed by atoms with Crippen LogP contribution in [0, 0.1) is 20.2 Å². The molecule has 16 heteroatoms. The smallest absolute Gasteiger partial charge is 0.325 e. The Bertz CT molecular complexity index is 2120. The number of imidazole rings is 2. The van der Waals surface area contributed by atoms with Crippen molar-refractivity contribution in [3.8, 4) is 34.3 Å². The zero-order valence-corrected chi connectivity index (χ0v) is 29.9. The Morgan fingerprint density at radius 3 is 1.37 bits per heavy atom. The molecule has 0 unspecified atom stereocenters. The lowest BCUT2D eigenvalue weighted by Gasteiger charge is -2.36. The number of hydrogen-bond acceptors (Lipinski definition) is 11. The summed E-state index contributed by atoms with van der Waals surface area (Å²) in [7, 11) is -3.31. The molecule has 0 atom stereocenters. The van der Waals surface area contributed by atoms with Crippen LogP contribution in [-0.2, 0) is 13.6 Å². The molecule has 52 heavy (non-hydrogen) atoms. The maximum absolute atomic E-state index is 13.9. The van der Waals surface area contributed by atoms with Crippen LogP contribution in [0.1, 0.15) is 53.4 Å². The van der Waals surface area contributed by atoms with Gasteiger partial charge in [0.2, 0.25) is 11.6 Å². The summed E-state index contributed by atoms with van der Waals surface area (Å²) < 4.78 is 39.1. The molecule has 270 valence electrons. The van der Waals surface area contributed by atoms with Crippen molar-refractivity contribution in [2.45, 2.75) is 65.0 Å². The Balaban J connectivity index is 1.26. The first-order chi connectivity index (χ1) is 25.0. The number of non-ortho nitro benzene ring substituents is 2. The molecule has 2 N–H and O–H groups in total. The summed E-state index contributed by atoms with van der Waals surface area (Å²) in [6.45, 7) is 7.35. The van der Waals surface area contributed by atoms with E-state index in [1.54, 1.807) is 72.8 Å². The van der Waals surface area contributed by atoms with E-state index in [0.717, 1.165) is 0 Å². The molecule has 0 aliphatic rings. The molecular formula is C36H37N6O9P. The minimum Gasteiger partial charge on any atom is -0.461 e. The van der Waals surface area contributed by atoms with Crippen LogP contribution >= 0.6 is 8.25 Å². The van der Waals surface area contributed by atoms with E-state index in [-0.39, 0.29) is 48.1 Å². The highest BCUT2D eigenvalue weighted by atomic mass is 31.1. The van der Waals surface area contributed by atoms with Gasteiger partial charge < -0.3 is 19.4 Å². The highest BCUT2D eigenvalue weighted by Crippen LogP contribution is 2.45. The largest absolute Gasteiger partial charge is 0.461 e. The van der Waals surface area contributed by atoms with Crippen LogP contribution in [0.15, 0.2) is 84.9 Å². The molecule has 0 radical (unpaired) electrons. The predicted molar refractivity (Wildman–Crippen MR) is 195 cm³/mol. The van der Waals surface area contributed by atoms with Gasteiger partial charge in [0.05, 0.1) is 32.0 Å². The summed E-state index contributed by atoms with van der Waals surface area (Å²) in [6.07, 6.45) is 1.15. The summed E-state index contributed by atoms with van der Waals surface area (Å²) in [4.78, 5) is 37.6. The minimum absolute atomic E-state index is 0.129. The summed E-state index contributed by atoms with van der Waals surface area (Å²) in [5.74, 6) is -1.36. The topological polar surface area (TPSA) is 198 Å². The van der Waals surface area contributed by atoms with Crippen molar-refractivity contribution in [1.82, 2.24) is 19.9 Å². The Hall–Kier alpha value is -5.63. The van der Waals surface area contributed by atoms with E-state index in [0.29, 0.717) is 45.3 Å². The second kappa shape index (κ2) is 14.9. The number of aromatic amines is 2. The maximum Gasteiger partial charge on any atom is 0.325 e. The molecule has 6 rings (SSSR count). The number of para-hydroxylation sites is 4. The average molecular weight is 729 g/mol. The fourth-order valence-corrected chi connectivity index (χ4v) is 7.24. The van der Waals surface area contributed by atoms with Crippen LogP contribution < -0.4 is 9.47 Å². The molecule has 0 saturated carbocycles. The molecule has 0 saturated heterocycles. The van der Waals surface area contributed by atoms with Crippen molar-refractivity contribution >= 4 is 41.7 Å². The normalized spacial score (nSPS) is 12.1. The molecule has 4 aromatic carbocycles. The Morgan fingerprint density at radius 2 is 1.00 bits per heavy atom. The van der Waals surface area contributed by atoms with Gasteiger partial charge in [-0.3, -0.25) is 33.8 Å². The van der Waals surface area contributed by atoms with Gasteiger partial charge in [0.15, 0.2) is 11.0 Å². The lowest BCUT2D eigenvalue weighted by Crippen LogP contribution is -2.39. The molecular weight excluding hydrogens is 691 g/mol. The van der Waals surface area contributed by atoms with Crippen LogP contribution in [-0.4, -0.2) is 41.4 Å². The summed E-state index contributed by atoms with van der Waals surface area (Å²) >= 11 is 0. The van der Waals surface area contributed by atoms with Crippen molar-refractivity contribution in [2.24, 2.45) is 0 Å². The molecule has 0 aliphatic heterocycles. The number of ether oxygens (including phenoxy) is 2. The van der Waals surface area contributed by atoms with E-state index < -0.39 is 29.7 Å². The predicted octanol–water partition coefficient (Wildman–Crippen LogP) is 9.50. The number of rotatable bonds is 16. The van der Waals surface area contributed by atoms with Crippen LogP contribution in [0.25, 0.3) is 44.8 Å². The Morgan fingerprint density at radius 1 is 0.615 bits per heavy atom. The molecule has 0 amide bonds. The van der Waals surface area contributed by atoms with Crippen molar-refractivity contribution in [3.63, 3.8) is 0 Å². The number of nitro groups is 2. The molecule has 6 aromatic rings. The van der Waals surface area contributed by atoms with E-state index in [2.05, 4.69) is 19.9 Å². The average Bonchev–Trinajstić information content (AvgIpc) is 3.79. The number of nitrogens with one attached hydrogen (secondary N) is 2. The third kappa shape index (κ3) is 7.11. The molecule has 0 aliphatic carbocycles. The lowest BCUT2D eigenvalue weighted by atomic mass is 10.1. The van der Waals surface area contributed by atoms with Gasteiger partial charge in [-0.05, 0) is 36.4 Å². The van der Waals surface area contributed by atoms with E-state index in [1.165, 1.54) is 12.1 Å². The summed E-state index contributed by atoms with van der Waals surface area (Å²) in [6, 6.07) is 23.4. The van der Waals surface area contributed by atoms with Crippen molar-refractivity contribution in [2.75, 3.05) is 0 Å². The Labute approximate surface area is 298 Å². The number of nitro benzene ring substituents is 2. The van der Waals surface area contributed by atoms with Gasteiger partial charge in [-0.25, -0.2) is 9.97 Å². The van der Waals surface area contributed by atoms with E-state index in [1.807, 2.05) is 27.7 Å². The SMILES string of the molecule is CCC(CC)(Oc1ccccc1-c1nc2c([N+](=O)[O-])cccc2[nH]1)O[PH](=O)OC(CC)(CC)Oc1ccccc1-c1nc2c([N+](=O)[O-])cccc2[nH]1. The van der Waals surface area contributed by atoms with Crippen LogP contribution in [0.2, 0.25) is 0 Å². The quantitative estimate of drug-likeness (QED) is 0.0416. The fourth-order valence-electron chi connectivity index (χ4n) is 5.93. The van der Waals surface area contributed by atoms with Crippen molar-refractivity contribution in [3.05, 3.63) is 105 Å². The third-order valence-corrected chi connectivity index (χ3v) is 10.0. The number of nitrogens with zero attached hydrogens (tertiary/aromatic N) is 4. The molecule has 2 heterocycles. The van der Waals surface area contributed by atoms with Gasteiger partial charge in [0.1, 0.15) is 23.1 Å². The zero-order valence-electron chi connectivity index (χ0n) is 28.9. The second-order valence-corrected chi connectivity index (χ2v) is 12.8. The third-order valence-electron chi connectivity index (χ3n) is 8.95. The van der Waals surface area contributed by atoms with Gasteiger partial charge in [-0.1, -0.05) is 64.1 Å². The number of benzene rings is 4. The monoisotopic (exact) mass is 728 g/mol. The van der Waals surface area contributed by atoms with Gasteiger partial charge in [0.25, 0.3) is 11.4 Å². The summed E-state index contributed by atoms with van der Waals surface area (Å²) in [5.41, 5.74) is 2.19. The number of hydrogen-bond donors (Lipinski definition) is 2. The molecule has 2 aromatic heterocycles. The highest BCUT2D eigenvalue weighted by Gasteiger charge is 2.39. The van der Waals surface area contributed by atoms with Crippen molar-refractivity contribution < 1.29 is 32.9 Å². The van der Waals surface area contributed by atoms with E-state index in [4.69, 9.17) is 18.5 Å². The number of fused-ring (bicyclic) bond motifs is 2. The first kappa shape index (κ1) is 36.2. The van der Waals surface area contributed by atoms with E-state index >= 15 is 0 Å². The van der Waals surface area contributed by atoms with E-state index in [9.17, 15) is 24.8 Å². The van der Waals surface area contributed by atoms with Gasteiger partial charge in [-0.2, -0.15) is 0 Å². The van der Waals surface area contributed by atoms with Crippen LogP contribution in [0.3, 0.4) is 0 Å². The number of H-pyrrole nitrogens is 2. The molecule has 0 spiro atoms. The highest BCUT2D eigenvalue weighted by molar-refractivity contribution is 7.33.